The fraction of sp³-hybridized carbons (Fsp3) is 0.700. The molecule has 1 atom stereocenters. The van der Waals surface area contributed by atoms with Gasteiger partial charge < -0.3 is 4.74 Å². The van der Waals surface area contributed by atoms with E-state index in [1.807, 2.05) is 12.3 Å². The largest absolute Gasteiger partial charge is 0.371 e. The van der Waals surface area contributed by atoms with E-state index in [4.69, 9.17) is 16.3 Å². The van der Waals surface area contributed by atoms with Crippen LogP contribution in [0.1, 0.15) is 37.6 Å². The van der Waals surface area contributed by atoms with Crippen molar-refractivity contribution in [1.82, 2.24) is 4.98 Å². The van der Waals surface area contributed by atoms with Crippen molar-refractivity contribution in [3.8, 4) is 0 Å². The third-order valence-electron chi connectivity index (χ3n) is 1.73. The summed E-state index contributed by atoms with van der Waals surface area (Å²) < 4.78 is 5.65. The Kier molecular flexibility index (Phi) is 4.85. The Morgan fingerprint density at radius 1 is 1.50 bits per heavy atom. The normalized spacial score (nSPS) is 13.5. The molecular formula is C10H16ClNOS. The van der Waals surface area contributed by atoms with Gasteiger partial charge in [-0.2, -0.15) is 0 Å². The number of ether oxygens (including phenoxy) is 1. The van der Waals surface area contributed by atoms with Gasteiger partial charge in [0.15, 0.2) is 0 Å². The van der Waals surface area contributed by atoms with Crippen molar-refractivity contribution in [3.05, 3.63) is 16.1 Å². The summed E-state index contributed by atoms with van der Waals surface area (Å²) in [5.41, 5.74) is 0.937. The van der Waals surface area contributed by atoms with E-state index in [0.29, 0.717) is 11.8 Å². The highest BCUT2D eigenvalue weighted by molar-refractivity contribution is 7.09. The van der Waals surface area contributed by atoms with Crippen LogP contribution in [0.5, 0.6) is 0 Å². The van der Waals surface area contributed by atoms with Gasteiger partial charge in [0.05, 0.1) is 11.6 Å². The van der Waals surface area contributed by atoms with Crippen LogP contribution >= 0.6 is 22.9 Å². The highest BCUT2D eigenvalue weighted by Crippen LogP contribution is 2.22. The predicted octanol–water partition coefficient (Wildman–Crippen LogP) is 3.62. The van der Waals surface area contributed by atoms with Gasteiger partial charge in [-0.05, 0) is 12.8 Å². The molecule has 0 fully saturated rings. The average Bonchev–Trinajstić information content (AvgIpc) is 2.62. The summed E-state index contributed by atoms with van der Waals surface area (Å²) in [6, 6.07) is 0. The topological polar surface area (TPSA) is 22.1 Å². The van der Waals surface area contributed by atoms with Crippen molar-refractivity contribution in [2.45, 2.75) is 32.8 Å². The smallest absolute Gasteiger partial charge is 0.122 e. The molecule has 0 bridgehead atoms. The van der Waals surface area contributed by atoms with Gasteiger partial charge >= 0.3 is 0 Å². The molecule has 80 valence electrons. The van der Waals surface area contributed by atoms with Crippen LogP contribution in [0.3, 0.4) is 0 Å². The van der Waals surface area contributed by atoms with Crippen LogP contribution in [0.25, 0.3) is 0 Å². The van der Waals surface area contributed by atoms with Crippen molar-refractivity contribution in [2.75, 3.05) is 6.61 Å². The van der Waals surface area contributed by atoms with Crippen LogP contribution in [-0.4, -0.2) is 11.6 Å². The second-order valence-corrected chi connectivity index (χ2v) is 4.84. The highest BCUT2D eigenvalue weighted by Gasteiger charge is 2.10. The van der Waals surface area contributed by atoms with Crippen molar-refractivity contribution in [2.24, 2.45) is 5.92 Å². The fourth-order valence-corrected chi connectivity index (χ4v) is 2.03. The minimum Gasteiger partial charge on any atom is -0.371 e. The lowest BCUT2D eigenvalue weighted by molar-refractivity contribution is 0.0467. The summed E-state index contributed by atoms with van der Waals surface area (Å²) in [6.07, 6.45) is 0.0827. The van der Waals surface area contributed by atoms with Crippen molar-refractivity contribution >= 4 is 22.9 Å². The van der Waals surface area contributed by atoms with E-state index in [1.54, 1.807) is 11.3 Å². The molecule has 0 radical (unpaired) electrons. The minimum absolute atomic E-state index is 0.0827. The molecule has 0 N–H and O–H groups in total. The summed E-state index contributed by atoms with van der Waals surface area (Å²) in [5, 5.41) is 3.00. The number of halogens is 1. The minimum atomic E-state index is 0.0827. The molecule has 0 aliphatic heterocycles. The van der Waals surface area contributed by atoms with E-state index < -0.39 is 0 Å². The number of hydrogen-bond donors (Lipinski definition) is 0. The summed E-state index contributed by atoms with van der Waals surface area (Å²) in [7, 11) is 0. The van der Waals surface area contributed by atoms with Gasteiger partial charge in [-0.1, -0.05) is 13.8 Å². The summed E-state index contributed by atoms with van der Waals surface area (Å²) in [4.78, 5) is 4.37. The SMILES string of the molecule is CC(C)COC(C)c1nc(CCl)cs1. The van der Waals surface area contributed by atoms with E-state index in [0.717, 1.165) is 17.3 Å². The van der Waals surface area contributed by atoms with Gasteiger partial charge in [0.1, 0.15) is 11.1 Å². The van der Waals surface area contributed by atoms with Crippen molar-refractivity contribution in [1.29, 1.82) is 0 Å². The van der Waals surface area contributed by atoms with Gasteiger partial charge in [0.2, 0.25) is 0 Å². The van der Waals surface area contributed by atoms with Gasteiger partial charge in [-0.25, -0.2) is 4.98 Å². The van der Waals surface area contributed by atoms with Crippen LogP contribution in [0, 0.1) is 5.92 Å². The molecule has 1 unspecified atom stereocenters. The van der Waals surface area contributed by atoms with E-state index in [1.165, 1.54) is 0 Å². The predicted molar refractivity (Wildman–Crippen MR) is 60.9 cm³/mol. The van der Waals surface area contributed by atoms with Gasteiger partial charge in [-0.15, -0.1) is 22.9 Å². The van der Waals surface area contributed by atoms with Crippen LogP contribution in [0.2, 0.25) is 0 Å². The van der Waals surface area contributed by atoms with Crippen LogP contribution in [0.4, 0.5) is 0 Å². The molecule has 1 rings (SSSR count). The first-order valence-electron chi connectivity index (χ1n) is 4.75. The Balaban J connectivity index is 2.47. The maximum Gasteiger partial charge on any atom is 0.122 e. The summed E-state index contributed by atoms with van der Waals surface area (Å²) >= 11 is 7.29. The van der Waals surface area contributed by atoms with Gasteiger partial charge in [0, 0.05) is 12.0 Å². The molecule has 14 heavy (non-hydrogen) atoms. The standard InChI is InChI=1S/C10H16ClNOS/c1-7(2)5-13-8(3)10-12-9(4-11)6-14-10/h6-8H,4-5H2,1-3H3. The summed E-state index contributed by atoms with van der Waals surface area (Å²) in [5.74, 6) is 1.04. The zero-order valence-corrected chi connectivity index (χ0v) is 10.4. The first-order valence-corrected chi connectivity index (χ1v) is 6.16. The number of rotatable bonds is 5. The molecule has 0 saturated carbocycles. The van der Waals surface area contributed by atoms with Crippen LogP contribution < -0.4 is 0 Å². The Bertz CT molecular complexity index is 275. The number of hydrogen-bond acceptors (Lipinski definition) is 3. The third-order valence-corrected chi connectivity index (χ3v) is 3.06. The second-order valence-electron chi connectivity index (χ2n) is 3.68. The number of nitrogens with zero attached hydrogens (tertiary/aromatic N) is 1. The molecule has 4 heteroatoms. The van der Waals surface area contributed by atoms with Crippen molar-refractivity contribution in [3.63, 3.8) is 0 Å². The molecule has 0 saturated heterocycles. The lowest BCUT2D eigenvalue weighted by atomic mass is 10.2. The lowest BCUT2D eigenvalue weighted by Gasteiger charge is -2.11. The molecule has 0 aliphatic carbocycles. The monoisotopic (exact) mass is 233 g/mol. The van der Waals surface area contributed by atoms with Crippen LogP contribution in [-0.2, 0) is 10.6 Å². The zero-order valence-electron chi connectivity index (χ0n) is 8.79. The fourth-order valence-electron chi connectivity index (χ4n) is 0.979. The molecule has 1 aromatic rings. The second kappa shape index (κ2) is 5.69. The third kappa shape index (κ3) is 3.56. The molecule has 1 heterocycles. The number of thiazole rings is 1. The van der Waals surface area contributed by atoms with E-state index in [9.17, 15) is 0 Å². The Labute approximate surface area is 94.3 Å². The molecule has 2 nitrogen and oxygen atoms in total. The first kappa shape index (κ1) is 12.0. The number of alkyl halides is 1. The zero-order chi connectivity index (χ0) is 10.6. The molecule has 1 aromatic heterocycles. The number of aromatic nitrogens is 1. The quantitative estimate of drug-likeness (QED) is 0.725. The molecule has 0 amide bonds. The lowest BCUT2D eigenvalue weighted by Crippen LogP contribution is -2.06. The van der Waals surface area contributed by atoms with Crippen LogP contribution in [0.15, 0.2) is 5.38 Å². The Hall–Kier alpha value is -0.120. The van der Waals surface area contributed by atoms with E-state index in [-0.39, 0.29) is 6.10 Å². The van der Waals surface area contributed by atoms with Gasteiger partial charge in [-0.3, -0.25) is 0 Å². The maximum atomic E-state index is 5.68. The molecule has 0 spiro atoms. The van der Waals surface area contributed by atoms with Crippen molar-refractivity contribution < 1.29 is 4.74 Å². The van der Waals surface area contributed by atoms with E-state index in [2.05, 4.69) is 18.8 Å². The Morgan fingerprint density at radius 3 is 2.71 bits per heavy atom. The summed E-state index contributed by atoms with van der Waals surface area (Å²) in [6.45, 7) is 7.08. The Morgan fingerprint density at radius 2 is 2.21 bits per heavy atom. The van der Waals surface area contributed by atoms with E-state index >= 15 is 0 Å². The average molecular weight is 234 g/mol. The van der Waals surface area contributed by atoms with Gasteiger partial charge in [0.25, 0.3) is 0 Å². The maximum absolute atomic E-state index is 5.68. The molecule has 0 aliphatic rings. The molecule has 0 aromatic carbocycles. The molecular weight excluding hydrogens is 218 g/mol. The first-order chi connectivity index (χ1) is 6.63. The highest BCUT2D eigenvalue weighted by atomic mass is 35.5.